The first kappa shape index (κ1) is 18.8. The molecule has 1 fully saturated rings. The molecule has 2 N–H and O–H groups in total. The maximum atomic E-state index is 10.2. The van der Waals surface area contributed by atoms with Gasteiger partial charge in [-0.15, -0.1) is 0 Å². The van der Waals surface area contributed by atoms with Gasteiger partial charge in [0, 0.05) is 32.2 Å². The van der Waals surface area contributed by atoms with E-state index in [1.807, 2.05) is 0 Å². The maximum absolute atomic E-state index is 10.2. The molecule has 136 valence electrons. The van der Waals surface area contributed by atoms with E-state index in [1.54, 1.807) is 28.2 Å². The van der Waals surface area contributed by atoms with Crippen molar-refractivity contribution in [1.82, 2.24) is 10.2 Å². The van der Waals surface area contributed by atoms with E-state index in [1.165, 1.54) is 16.7 Å². The van der Waals surface area contributed by atoms with Crippen molar-refractivity contribution in [2.75, 3.05) is 26.2 Å². The van der Waals surface area contributed by atoms with Crippen LogP contribution < -0.4 is 5.32 Å². The molecule has 2 aromatic rings. The molecule has 0 aromatic carbocycles. The van der Waals surface area contributed by atoms with E-state index >= 15 is 0 Å². The van der Waals surface area contributed by atoms with Gasteiger partial charge in [0.2, 0.25) is 0 Å². The van der Waals surface area contributed by atoms with Gasteiger partial charge in [-0.05, 0) is 63.2 Å². The number of β-amino-alcohol motifs (C(OH)–C–C–N with tert-alkyl or cyclic N) is 1. The molecule has 1 unspecified atom stereocenters. The monoisotopic (exact) mass is 376 g/mol. The van der Waals surface area contributed by atoms with Crippen LogP contribution in [0.3, 0.4) is 0 Å². The third kappa shape index (κ3) is 5.25. The highest BCUT2D eigenvalue weighted by Gasteiger charge is 2.21. The Balaban J connectivity index is 1.64. The van der Waals surface area contributed by atoms with E-state index in [2.05, 4.69) is 57.7 Å². The minimum atomic E-state index is -0.291. The zero-order valence-electron chi connectivity index (χ0n) is 15.1. The van der Waals surface area contributed by atoms with Gasteiger partial charge in [0.1, 0.15) is 0 Å². The Morgan fingerprint density at radius 2 is 1.72 bits per heavy atom. The van der Waals surface area contributed by atoms with E-state index in [4.69, 9.17) is 0 Å². The topological polar surface area (TPSA) is 35.5 Å². The molecule has 0 aliphatic carbocycles. The molecule has 0 amide bonds. The quantitative estimate of drug-likeness (QED) is 0.765. The predicted octanol–water partition coefficient (Wildman–Crippen LogP) is 4.07. The lowest BCUT2D eigenvalue weighted by Gasteiger charge is -2.31. The average Bonchev–Trinajstić information content (AvgIpc) is 3.29. The zero-order chi connectivity index (χ0) is 17.6. The van der Waals surface area contributed by atoms with Gasteiger partial charge >= 0.3 is 0 Å². The van der Waals surface area contributed by atoms with Crippen LogP contribution in [-0.2, 0) is 0 Å². The maximum Gasteiger partial charge on any atom is 0.0791 e. The Labute approximate surface area is 159 Å². The molecule has 1 saturated heterocycles. The van der Waals surface area contributed by atoms with Crippen LogP contribution in [0.2, 0.25) is 0 Å². The third-order valence-electron chi connectivity index (χ3n) is 4.66. The van der Waals surface area contributed by atoms with E-state index < -0.39 is 0 Å². The van der Waals surface area contributed by atoms with Crippen LogP contribution in [0.4, 0.5) is 0 Å². The molecule has 3 nitrogen and oxygen atoms in total. The largest absolute Gasteiger partial charge is 0.390 e. The summed E-state index contributed by atoms with van der Waals surface area (Å²) in [6.07, 6.45) is 1.89. The Hall–Kier alpha value is -0.980. The van der Waals surface area contributed by atoms with E-state index in [0.717, 1.165) is 32.5 Å². The number of nitrogens with zero attached hydrogens (tertiary/aromatic N) is 1. The predicted molar refractivity (Wildman–Crippen MR) is 109 cm³/mol. The smallest absolute Gasteiger partial charge is 0.0791 e. The minimum absolute atomic E-state index is 0.291. The van der Waals surface area contributed by atoms with Crippen LogP contribution in [0, 0.1) is 0 Å². The van der Waals surface area contributed by atoms with Crippen molar-refractivity contribution < 1.29 is 5.11 Å². The van der Waals surface area contributed by atoms with E-state index in [-0.39, 0.29) is 6.10 Å². The van der Waals surface area contributed by atoms with Crippen molar-refractivity contribution in [1.29, 1.82) is 0 Å². The number of rotatable bonds is 7. The normalized spacial score (nSPS) is 17.2. The number of aliphatic hydroxyl groups excluding tert-OH is 1. The number of nitrogens with one attached hydrogen (secondary N) is 1. The first-order valence-corrected chi connectivity index (χ1v) is 10.9. The molecule has 3 heterocycles. The molecule has 1 atom stereocenters. The zero-order valence-corrected chi connectivity index (χ0v) is 16.7. The van der Waals surface area contributed by atoms with Crippen LogP contribution in [0.1, 0.15) is 37.8 Å². The van der Waals surface area contributed by atoms with Gasteiger partial charge in [-0.25, -0.2) is 0 Å². The summed E-state index contributed by atoms with van der Waals surface area (Å²) in [6, 6.07) is 4.89. The van der Waals surface area contributed by atoms with Gasteiger partial charge in [0.15, 0.2) is 0 Å². The fourth-order valence-electron chi connectivity index (χ4n) is 3.38. The van der Waals surface area contributed by atoms with Gasteiger partial charge < -0.3 is 15.3 Å². The SMILES string of the molecule is CC(C)NCC(O)CN1CCC(=C(c2ccsc2)c2ccsc2)CC1. The molecular weight excluding hydrogens is 348 g/mol. The Kier molecular flexibility index (Phi) is 6.84. The van der Waals surface area contributed by atoms with Crippen molar-refractivity contribution in [2.45, 2.75) is 38.8 Å². The van der Waals surface area contributed by atoms with Crippen molar-refractivity contribution in [2.24, 2.45) is 0 Å². The molecule has 1 aliphatic heterocycles. The molecule has 1 aliphatic rings. The summed E-state index contributed by atoms with van der Waals surface area (Å²) in [5.41, 5.74) is 5.70. The summed E-state index contributed by atoms with van der Waals surface area (Å²) >= 11 is 3.53. The fraction of sp³-hybridized carbons (Fsp3) is 0.500. The summed E-state index contributed by atoms with van der Waals surface area (Å²) in [5, 5.41) is 22.4. The Morgan fingerprint density at radius 1 is 1.12 bits per heavy atom. The van der Waals surface area contributed by atoms with Gasteiger partial charge in [0.25, 0.3) is 0 Å². The fourth-order valence-corrected chi connectivity index (χ4v) is 4.67. The van der Waals surface area contributed by atoms with Crippen molar-refractivity contribution in [3.05, 3.63) is 50.4 Å². The second-order valence-corrected chi connectivity index (χ2v) is 8.58. The summed E-state index contributed by atoms with van der Waals surface area (Å²) in [5.74, 6) is 0. The molecule has 2 aromatic heterocycles. The lowest BCUT2D eigenvalue weighted by molar-refractivity contribution is 0.105. The molecule has 0 radical (unpaired) electrons. The highest BCUT2D eigenvalue weighted by molar-refractivity contribution is 7.08. The van der Waals surface area contributed by atoms with Crippen molar-refractivity contribution in [3.63, 3.8) is 0 Å². The number of aliphatic hydroxyl groups is 1. The lowest BCUT2D eigenvalue weighted by Crippen LogP contribution is -2.42. The van der Waals surface area contributed by atoms with Gasteiger partial charge in [0.05, 0.1) is 6.10 Å². The van der Waals surface area contributed by atoms with Crippen LogP contribution >= 0.6 is 22.7 Å². The summed E-state index contributed by atoms with van der Waals surface area (Å²) < 4.78 is 0. The van der Waals surface area contributed by atoms with Crippen LogP contribution in [-0.4, -0.2) is 48.3 Å². The number of hydrogen-bond donors (Lipinski definition) is 2. The van der Waals surface area contributed by atoms with Gasteiger partial charge in [-0.1, -0.05) is 19.4 Å². The van der Waals surface area contributed by atoms with E-state index in [0.29, 0.717) is 12.6 Å². The molecule has 3 rings (SSSR count). The van der Waals surface area contributed by atoms with Gasteiger partial charge in [-0.2, -0.15) is 22.7 Å². The molecule has 0 saturated carbocycles. The molecule has 25 heavy (non-hydrogen) atoms. The summed E-state index contributed by atoms with van der Waals surface area (Å²) in [4.78, 5) is 2.40. The van der Waals surface area contributed by atoms with Crippen molar-refractivity contribution in [3.8, 4) is 0 Å². The molecular formula is C20H28N2OS2. The molecule has 0 bridgehead atoms. The van der Waals surface area contributed by atoms with Gasteiger partial charge in [-0.3, -0.25) is 0 Å². The minimum Gasteiger partial charge on any atom is -0.390 e. The first-order chi connectivity index (χ1) is 12.1. The van der Waals surface area contributed by atoms with Crippen LogP contribution in [0.25, 0.3) is 5.57 Å². The third-order valence-corrected chi connectivity index (χ3v) is 6.03. The standard InChI is InChI=1S/C20H28N2OS2/c1-15(2)21-11-19(23)12-22-7-3-16(4-8-22)20(17-5-9-24-13-17)18-6-10-25-14-18/h5-6,9-10,13-15,19,21,23H,3-4,7-8,11-12H2,1-2H3. The van der Waals surface area contributed by atoms with E-state index in [9.17, 15) is 5.11 Å². The second kappa shape index (κ2) is 9.10. The molecule has 5 heteroatoms. The highest BCUT2D eigenvalue weighted by atomic mass is 32.1. The highest BCUT2D eigenvalue weighted by Crippen LogP contribution is 2.34. The van der Waals surface area contributed by atoms with Crippen molar-refractivity contribution >= 4 is 28.2 Å². The Morgan fingerprint density at radius 3 is 2.20 bits per heavy atom. The average molecular weight is 377 g/mol. The summed E-state index contributed by atoms with van der Waals surface area (Å²) in [6.45, 7) is 7.73. The number of likely N-dealkylation sites (tertiary alicyclic amines) is 1. The van der Waals surface area contributed by atoms with Crippen LogP contribution in [0.5, 0.6) is 0 Å². The lowest BCUT2D eigenvalue weighted by atomic mass is 9.91. The number of hydrogen-bond acceptors (Lipinski definition) is 5. The second-order valence-electron chi connectivity index (χ2n) is 7.02. The first-order valence-electron chi connectivity index (χ1n) is 9.04. The number of piperidine rings is 1. The summed E-state index contributed by atoms with van der Waals surface area (Å²) in [7, 11) is 0. The molecule has 0 spiro atoms. The number of thiophene rings is 2. The van der Waals surface area contributed by atoms with Crippen LogP contribution in [0.15, 0.2) is 39.2 Å². The Bertz CT molecular complexity index is 616.